The first-order valence-electron chi connectivity index (χ1n) is 8.87. The number of benzene rings is 2. The number of ether oxygens (including phenoxy) is 1. The molecule has 2 aromatic carbocycles. The zero-order valence-electron chi connectivity index (χ0n) is 15.4. The highest BCUT2D eigenvalue weighted by Gasteiger charge is 2.11. The first-order chi connectivity index (χ1) is 12.1. The maximum atomic E-state index is 12.3. The third kappa shape index (κ3) is 5.82. The molecule has 0 saturated carbocycles. The van der Waals surface area contributed by atoms with Gasteiger partial charge >= 0.3 is 6.03 Å². The van der Waals surface area contributed by atoms with Crippen molar-refractivity contribution in [2.24, 2.45) is 0 Å². The smallest absolute Gasteiger partial charge is 0.317 e. The van der Waals surface area contributed by atoms with E-state index in [0.29, 0.717) is 26.2 Å². The van der Waals surface area contributed by atoms with Gasteiger partial charge in [-0.25, -0.2) is 4.79 Å². The molecule has 0 radical (unpaired) electrons. The minimum absolute atomic E-state index is 0.0292. The van der Waals surface area contributed by atoms with Gasteiger partial charge in [-0.05, 0) is 43.9 Å². The Balaban J connectivity index is 1.72. The van der Waals surface area contributed by atoms with Gasteiger partial charge in [0.25, 0.3) is 0 Å². The zero-order chi connectivity index (χ0) is 18.1. The molecule has 2 aromatic rings. The predicted molar refractivity (Wildman–Crippen MR) is 102 cm³/mol. The summed E-state index contributed by atoms with van der Waals surface area (Å²) in [5, 5.41) is 2.98. The average Bonchev–Trinajstić information content (AvgIpc) is 2.62. The Kier molecular flexibility index (Phi) is 7.33. The Labute approximate surface area is 150 Å². The summed E-state index contributed by atoms with van der Waals surface area (Å²) < 4.78 is 5.87. The standard InChI is InChI=1S/C21H28N2O2/c1-4-23(16-19-12-6-5-7-13-19)21(24)22-14-9-15-25-20-17(2)10-8-11-18(20)3/h5-8,10-13H,4,9,14-16H2,1-3H3,(H,22,24). The van der Waals surface area contributed by atoms with Crippen molar-refractivity contribution in [2.75, 3.05) is 19.7 Å². The molecule has 0 saturated heterocycles. The first kappa shape index (κ1) is 18.8. The number of aryl methyl sites for hydroxylation is 2. The largest absolute Gasteiger partial charge is 0.493 e. The SMILES string of the molecule is CCN(Cc1ccccc1)C(=O)NCCCOc1c(C)cccc1C. The van der Waals surface area contributed by atoms with E-state index in [2.05, 4.69) is 5.32 Å². The predicted octanol–water partition coefficient (Wildman–Crippen LogP) is 4.30. The lowest BCUT2D eigenvalue weighted by atomic mass is 10.1. The van der Waals surface area contributed by atoms with Gasteiger partial charge in [-0.1, -0.05) is 48.5 Å². The van der Waals surface area contributed by atoms with Gasteiger partial charge in [-0.15, -0.1) is 0 Å². The summed E-state index contributed by atoms with van der Waals surface area (Å²) in [4.78, 5) is 14.1. The van der Waals surface area contributed by atoms with Crippen LogP contribution in [0.15, 0.2) is 48.5 Å². The van der Waals surface area contributed by atoms with Crippen molar-refractivity contribution in [2.45, 2.75) is 33.7 Å². The summed E-state index contributed by atoms with van der Waals surface area (Å²) in [7, 11) is 0. The van der Waals surface area contributed by atoms with E-state index in [1.807, 2.05) is 74.2 Å². The molecule has 0 fully saturated rings. The van der Waals surface area contributed by atoms with Gasteiger partial charge in [0, 0.05) is 19.6 Å². The molecular formula is C21H28N2O2. The van der Waals surface area contributed by atoms with E-state index in [-0.39, 0.29) is 6.03 Å². The number of rotatable bonds is 8. The normalized spacial score (nSPS) is 10.4. The van der Waals surface area contributed by atoms with Crippen LogP contribution >= 0.6 is 0 Å². The second-order valence-electron chi connectivity index (χ2n) is 6.15. The van der Waals surface area contributed by atoms with E-state index in [1.165, 1.54) is 0 Å². The van der Waals surface area contributed by atoms with E-state index in [0.717, 1.165) is 28.9 Å². The van der Waals surface area contributed by atoms with Crippen molar-refractivity contribution in [3.05, 3.63) is 65.2 Å². The number of carbonyl (C=O) groups is 1. The number of hydrogen-bond donors (Lipinski definition) is 1. The van der Waals surface area contributed by atoms with Crippen molar-refractivity contribution >= 4 is 6.03 Å². The maximum Gasteiger partial charge on any atom is 0.317 e. The zero-order valence-corrected chi connectivity index (χ0v) is 15.4. The molecule has 0 aliphatic carbocycles. The Hall–Kier alpha value is -2.49. The van der Waals surface area contributed by atoms with Crippen LogP contribution in [-0.4, -0.2) is 30.6 Å². The van der Waals surface area contributed by atoms with Crippen LogP contribution < -0.4 is 10.1 Å². The average molecular weight is 340 g/mol. The van der Waals surface area contributed by atoms with Crippen molar-refractivity contribution in [3.8, 4) is 5.75 Å². The minimum Gasteiger partial charge on any atom is -0.493 e. The third-order valence-electron chi connectivity index (χ3n) is 4.14. The van der Waals surface area contributed by atoms with Gasteiger partial charge in [0.2, 0.25) is 0 Å². The summed E-state index contributed by atoms with van der Waals surface area (Å²) >= 11 is 0. The number of hydrogen-bond acceptors (Lipinski definition) is 2. The van der Waals surface area contributed by atoms with Gasteiger partial charge in [0.1, 0.15) is 5.75 Å². The molecule has 134 valence electrons. The molecule has 25 heavy (non-hydrogen) atoms. The molecule has 0 aliphatic heterocycles. The Morgan fingerprint density at radius 1 is 1.04 bits per heavy atom. The number of carbonyl (C=O) groups excluding carboxylic acids is 1. The lowest BCUT2D eigenvalue weighted by Gasteiger charge is -2.21. The Morgan fingerprint density at radius 2 is 1.72 bits per heavy atom. The van der Waals surface area contributed by atoms with Crippen molar-refractivity contribution in [1.29, 1.82) is 0 Å². The molecule has 2 amide bonds. The van der Waals surface area contributed by atoms with E-state index < -0.39 is 0 Å². The highest BCUT2D eigenvalue weighted by atomic mass is 16.5. The van der Waals surface area contributed by atoms with Crippen molar-refractivity contribution in [3.63, 3.8) is 0 Å². The van der Waals surface area contributed by atoms with Gasteiger partial charge in [0.05, 0.1) is 6.61 Å². The highest BCUT2D eigenvalue weighted by Crippen LogP contribution is 2.22. The lowest BCUT2D eigenvalue weighted by molar-refractivity contribution is 0.197. The van der Waals surface area contributed by atoms with Crippen LogP contribution in [0.4, 0.5) is 4.79 Å². The molecule has 0 spiro atoms. The van der Waals surface area contributed by atoms with Crippen molar-refractivity contribution in [1.82, 2.24) is 10.2 Å². The molecule has 0 bridgehead atoms. The number of para-hydroxylation sites is 1. The van der Waals surface area contributed by atoms with Crippen LogP contribution in [0.25, 0.3) is 0 Å². The second kappa shape index (κ2) is 9.72. The topological polar surface area (TPSA) is 41.6 Å². The molecule has 0 atom stereocenters. The Morgan fingerprint density at radius 3 is 2.36 bits per heavy atom. The van der Waals surface area contributed by atoms with E-state index in [4.69, 9.17) is 4.74 Å². The minimum atomic E-state index is -0.0292. The maximum absolute atomic E-state index is 12.3. The summed E-state index contributed by atoms with van der Waals surface area (Å²) in [6.45, 7) is 8.60. The molecule has 0 aromatic heterocycles. The molecule has 1 N–H and O–H groups in total. The van der Waals surface area contributed by atoms with Crippen LogP contribution in [0.2, 0.25) is 0 Å². The Bertz CT molecular complexity index is 651. The summed E-state index contributed by atoms with van der Waals surface area (Å²) in [6, 6.07) is 16.1. The van der Waals surface area contributed by atoms with Gasteiger partial charge in [-0.2, -0.15) is 0 Å². The van der Waals surface area contributed by atoms with Gasteiger partial charge < -0.3 is 15.0 Å². The molecule has 0 unspecified atom stereocenters. The monoisotopic (exact) mass is 340 g/mol. The van der Waals surface area contributed by atoms with Crippen LogP contribution in [0, 0.1) is 13.8 Å². The number of urea groups is 1. The fraction of sp³-hybridized carbons (Fsp3) is 0.381. The lowest BCUT2D eigenvalue weighted by Crippen LogP contribution is -2.40. The summed E-state index contributed by atoms with van der Waals surface area (Å²) in [5.41, 5.74) is 3.42. The quantitative estimate of drug-likeness (QED) is 0.728. The van der Waals surface area contributed by atoms with Gasteiger partial charge in [0.15, 0.2) is 0 Å². The molecule has 0 heterocycles. The van der Waals surface area contributed by atoms with Crippen LogP contribution in [0.5, 0.6) is 5.75 Å². The highest BCUT2D eigenvalue weighted by molar-refractivity contribution is 5.74. The van der Waals surface area contributed by atoms with Crippen LogP contribution in [0.3, 0.4) is 0 Å². The molecule has 4 nitrogen and oxygen atoms in total. The molecular weight excluding hydrogens is 312 g/mol. The third-order valence-corrected chi connectivity index (χ3v) is 4.14. The summed E-state index contributed by atoms with van der Waals surface area (Å²) in [5.74, 6) is 0.952. The fourth-order valence-electron chi connectivity index (χ4n) is 2.71. The van der Waals surface area contributed by atoms with Crippen molar-refractivity contribution < 1.29 is 9.53 Å². The van der Waals surface area contributed by atoms with Crippen LogP contribution in [0.1, 0.15) is 30.0 Å². The number of amides is 2. The van der Waals surface area contributed by atoms with E-state index >= 15 is 0 Å². The molecule has 4 heteroatoms. The van der Waals surface area contributed by atoms with Crippen LogP contribution in [-0.2, 0) is 6.54 Å². The summed E-state index contributed by atoms with van der Waals surface area (Å²) in [6.07, 6.45) is 0.780. The number of nitrogens with zero attached hydrogens (tertiary/aromatic N) is 1. The van der Waals surface area contributed by atoms with Gasteiger partial charge in [-0.3, -0.25) is 0 Å². The fourth-order valence-corrected chi connectivity index (χ4v) is 2.71. The number of nitrogens with one attached hydrogen (secondary N) is 1. The van der Waals surface area contributed by atoms with E-state index in [9.17, 15) is 4.79 Å². The molecule has 2 rings (SSSR count). The molecule has 0 aliphatic rings. The second-order valence-corrected chi connectivity index (χ2v) is 6.15. The first-order valence-corrected chi connectivity index (χ1v) is 8.87. The van der Waals surface area contributed by atoms with E-state index in [1.54, 1.807) is 0 Å².